The van der Waals surface area contributed by atoms with E-state index in [0.717, 1.165) is 10.0 Å². The second-order valence-corrected chi connectivity index (χ2v) is 3.24. The number of rotatable bonds is 0. The summed E-state index contributed by atoms with van der Waals surface area (Å²) in [5.74, 6) is 5.73. The smallest absolute Gasteiger partial charge is 0.0555 e. The van der Waals surface area contributed by atoms with Gasteiger partial charge in [0.05, 0.1) is 6.54 Å². The molecule has 1 heterocycles. The molecule has 0 radical (unpaired) electrons. The Labute approximate surface area is 72.4 Å². The van der Waals surface area contributed by atoms with E-state index >= 15 is 0 Å². The molecule has 0 aliphatic heterocycles. The minimum absolute atomic E-state index is 0.419. The van der Waals surface area contributed by atoms with E-state index in [0.29, 0.717) is 6.54 Å². The van der Waals surface area contributed by atoms with E-state index in [1.807, 2.05) is 10.8 Å². The minimum Gasteiger partial charge on any atom is -0.320 e. The maximum atomic E-state index is 5.21. The van der Waals surface area contributed by atoms with Gasteiger partial charge >= 0.3 is 0 Å². The van der Waals surface area contributed by atoms with Crippen LogP contribution in [0, 0.1) is 11.8 Å². The molecular weight excluding hydrogens is 210 g/mol. The molecule has 3 heteroatoms. The SMILES string of the molecule is NCC#Cc1cscc1Br. The first-order valence-electron chi connectivity index (χ1n) is 2.75. The van der Waals surface area contributed by atoms with Crippen molar-refractivity contribution in [1.82, 2.24) is 0 Å². The first-order chi connectivity index (χ1) is 4.84. The fourth-order valence-electron chi connectivity index (χ4n) is 0.517. The van der Waals surface area contributed by atoms with Crippen LogP contribution in [-0.2, 0) is 0 Å². The zero-order chi connectivity index (χ0) is 7.40. The lowest BCUT2D eigenvalue weighted by Gasteiger charge is -1.80. The Kier molecular flexibility index (Phi) is 2.94. The van der Waals surface area contributed by atoms with E-state index in [1.165, 1.54) is 0 Å². The molecule has 1 nitrogen and oxygen atoms in total. The Morgan fingerprint density at radius 2 is 2.40 bits per heavy atom. The third-order valence-corrected chi connectivity index (χ3v) is 2.64. The third-order valence-electron chi connectivity index (χ3n) is 0.940. The lowest BCUT2D eigenvalue weighted by Crippen LogP contribution is -1.92. The van der Waals surface area contributed by atoms with Crippen LogP contribution in [0.15, 0.2) is 15.2 Å². The summed E-state index contributed by atoms with van der Waals surface area (Å²) in [6, 6.07) is 0. The van der Waals surface area contributed by atoms with Gasteiger partial charge in [-0.1, -0.05) is 11.8 Å². The summed E-state index contributed by atoms with van der Waals surface area (Å²) < 4.78 is 1.05. The molecule has 0 spiro atoms. The monoisotopic (exact) mass is 215 g/mol. The number of hydrogen-bond acceptors (Lipinski definition) is 2. The van der Waals surface area contributed by atoms with Crippen molar-refractivity contribution in [2.24, 2.45) is 5.73 Å². The lowest BCUT2D eigenvalue weighted by atomic mass is 10.3. The molecule has 0 bridgehead atoms. The van der Waals surface area contributed by atoms with Gasteiger partial charge in [-0.05, 0) is 15.9 Å². The normalized spacial score (nSPS) is 8.60. The number of hydrogen-bond donors (Lipinski definition) is 1. The van der Waals surface area contributed by atoms with Gasteiger partial charge in [0.2, 0.25) is 0 Å². The summed E-state index contributed by atoms with van der Waals surface area (Å²) in [7, 11) is 0. The first kappa shape index (κ1) is 7.80. The van der Waals surface area contributed by atoms with Gasteiger partial charge in [-0.2, -0.15) is 0 Å². The Hall–Kier alpha value is -0.300. The second-order valence-electron chi connectivity index (χ2n) is 1.64. The molecular formula is C7H6BrNS. The van der Waals surface area contributed by atoms with Crippen molar-refractivity contribution in [3.8, 4) is 11.8 Å². The van der Waals surface area contributed by atoms with E-state index in [4.69, 9.17) is 5.73 Å². The predicted octanol–water partition coefficient (Wildman–Crippen LogP) is 1.82. The highest BCUT2D eigenvalue weighted by atomic mass is 79.9. The molecule has 1 rings (SSSR count). The van der Waals surface area contributed by atoms with Crippen LogP contribution in [-0.4, -0.2) is 6.54 Å². The average molecular weight is 216 g/mol. The van der Waals surface area contributed by atoms with Crippen molar-refractivity contribution in [2.45, 2.75) is 0 Å². The fourth-order valence-corrected chi connectivity index (χ4v) is 1.84. The molecule has 1 aromatic heterocycles. The van der Waals surface area contributed by atoms with Gasteiger partial charge in [-0.25, -0.2) is 0 Å². The Morgan fingerprint density at radius 1 is 1.60 bits per heavy atom. The third kappa shape index (κ3) is 1.84. The van der Waals surface area contributed by atoms with Crippen LogP contribution >= 0.6 is 27.3 Å². The van der Waals surface area contributed by atoms with Crippen molar-refractivity contribution >= 4 is 27.3 Å². The minimum atomic E-state index is 0.419. The summed E-state index contributed by atoms with van der Waals surface area (Å²) in [6.45, 7) is 0.419. The van der Waals surface area contributed by atoms with E-state index in [9.17, 15) is 0 Å². The molecule has 1 aromatic rings. The van der Waals surface area contributed by atoms with E-state index in [-0.39, 0.29) is 0 Å². The molecule has 0 aliphatic carbocycles. The summed E-state index contributed by atoms with van der Waals surface area (Å²) in [5, 5.41) is 3.99. The van der Waals surface area contributed by atoms with Gasteiger partial charge < -0.3 is 5.73 Å². The van der Waals surface area contributed by atoms with Gasteiger partial charge in [-0.3, -0.25) is 0 Å². The first-order valence-corrected chi connectivity index (χ1v) is 4.49. The highest BCUT2D eigenvalue weighted by Crippen LogP contribution is 2.19. The molecule has 52 valence electrons. The molecule has 0 fully saturated rings. The van der Waals surface area contributed by atoms with Crippen LogP contribution in [0.4, 0.5) is 0 Å². The van der Waals surface area contributed by atoms with Gasteiger partial charge in [0, 0.05) is 20.8 Å². The summed E-state index contributed by atoms with van der Waals surface area (Å²) in [6.07, 6.45) is 0. The van der Waals surface area contributed by atoms with Crippen LogP contribution in [0.3, 0.4) is 0 Å². The highest BCUT2D eigenvalue weighted by molar-refractivity contribution is 9.10. The molecule has 0 aromatic carbocycles. The summed E-state index contributed by atoms with van der Waals surface area (Å²) >= 11 is 4.99. The number of thiophene rings is 1. The maximum Gasteiger partial charge on any atom is 0.0555 e. The largest absolute Gasteiger partial charge is 0.320 e. The Morgan fingerprint density at radius 3 is 2.90 bits per heavy atom. The molecule has 0 unspecified atom stereocenters. The van der Waals surface area contributed by atoms with Crippen LogP contribution in [0.25, 0.3) is 0 Å². The summed E-state index contributed by atoms with van der Waals surface area (Å²) in [5.41, 5.74) is 6.23. The standard InChI is InChI=1S/C7H6BrNS/c8-7-5-10-4-6(7)2-1-3-9/h4-5H,3,9H2. The molecule has 0 atom stereocenters. The van der Waals surface area contributed by atoms with Crippen molar-refractivity contribution in [3.63, 3.8) is 0 Å². The van der Waals surface area contributed by atoms with Gasteiger partial charge in [0.1, 0.15) is 0 Å². The van der Waals surface area contributed by atoms with Crippen LogP contribution < -0.4 is 5.73 Å². The fraction of sp³-hybridized carbons (Fsp3) is 0.143. The highest BCUT2D eigenvalue weighted by Gasteiger charge is 1.93. The zero-order valence-corrected chi connectivity index (χ0v) is 7.63. The van der Waals surface area contributed by atoms with Crippen molar-refractivity contribution < 1.29 is 0 Å². The van der Waals surface area contributed by atoms with Crippen LogP contribution in [0.5, 0.6) is 0 Å². The quantitative estimate of drug-likeness (QED) is 0.657. The molecule has 0 amide bonds. The lowest BCUT2D eigenvalue weighted by molar-refractivity contribution is 1.30. The number of halogens is 1. The Bertz CT molecular complexity index is 269. The van der Waals surface area contributed by atoms with Crippen LogP contribution in [0.2, 0.25) is 0 Å². The zero-order valence-electron chi connectivity index (χ0n) is 5.23. The second kappa shape index (κ2) is 3.77. The van der Waals surface area contributed by atoms with E-state index < -0.39 is 0 Å². The number of nitrogens with two attached hydrogens (primary N) is 1. The van der Waals surface area contributed by atoms with Gasteiger partial charge in [0.25, 0.3) is 0 Å². The van der Waals surface area contributed by atoms with Crippen molar-refractivity contribution in [1.29, 1.82) is 0 Å². The van der Waals surface area contributed by atoms with E-state index in [1.54, 1.807) is 11.3 Å². The van der Waals surface area contributed by atoms with E-state index in [2.05, 4.69) is 27.8 Å². The molecule has 0 saturated carbocycles. The van der Waals surface area contributed by atoms with Gasteiger partial charge in [-0.15, -0.1) is 11.3 Å². The van der Waals surface area contributed by atoms with Crippen LogP contribution in [0.1, 0.15) is 5.56 Å². The average Bonchev–Trinajstić information content (AvgIpc) is 2.31. The topological polar surface area (TPSA) is 26.0 Å². The van der Waals surface area contributed by atoms with Gasteiger partial charge in [0.15, 0.2) is 0 Å². The molecule has 0 aliphatic rings. The summed E-state index contributed by atoms with van der Waals surface area (Å²) in [4.78, 5) is 0. The molecule has 2 N–H and O–H groups in total. The van der Waals surface area contributed by atoms with Crippen molar-refractivity contribution in [3.05, 3.63) is 20.8 Å². The van der Waals surface area contributed by atoms with Crippen molar-refractivity contribution in [2.75, 3.05) is 6.54 Å². The Balaban J connectivity index is 2.84. The molecule has 10 heavy (non-hydrogen) atoms. The molecule has 0 saturated heterocycles. The predicted molar refractivity (Wildman–Crippen MR) is 48.0 cm³/mol. The maximum absolute atomic E-state index is 5.21.